The van der Waals surface area contributed by atoms with Crippen molar-refractivity contribution in [1.82, 2.24) is 4.98 Å². The number of anilines is 1. The molecule has 0 aliphatic rings. The Morgan fingerprint density at radius 2 is 2.19 bits per heavy atom. The lowest BCUT2D eigenvalue weighted by Gasteiger charge is -2.23. The predicted octanol–water partition coefficient (Wildman–Crippen LogP) is 3.81. The van der Waals surface area contributed by atoms with E-state index < -0.39 is 13.0 Å². The Morgan fingerprint density at radius 3 is 2.69 bits per heavy atom. The zero-order chi connectivity index (χ0) is 12.1. The molecular weight excluding hydrogens is 325 g/mol. The monoisotopic (exact) mass is 332 g/mol. The molecule has 0 saturated heterocycles. The SMILES string of the molecule is FC(F)CN(CCCl)c1ncc(Cl)cc1Br. The molecule has 0 bridgehead atoms. The molecule has 16 heavy (non-hydrogen) atoms. The van der Waals surface area contributed by atoms with Gasteiger partial charge in [0.15, 0.2) is 0 Å². The van der Waals surface area contributed by atoms with E-state index in [4.69, 9.17) is 23.2 Å². The number of rotatable bonds is 5. The van der Waals surface area contributed by atoms with Gasteiger partial charge in [0, 0.05) is 18.6 Å². The van der Waals surface area contributed by atoms with Crippen LogP contribution >= 0.6 is 39.1 Å². The molecule has 0 atom stereocenters. The van der Waals surface area contributed by atoms with Gasteiger partial charge in [-0.25, -0.2) is 13.8 Å². The lowest BCUT2D eigenvalue weighted by Crippen LogP contribution is -2.31. The Bertz CT molecular complexity index is 352. The minimum absolute atomic E-state index is 0.253. The summed E-state index contributed by atoms with van der Waals surface area (Å²) in [5.74, 6) is 0.675. The molecule has 1 rings (SSSR count). The number of nitrogens with zero attached hydrogens (tertiary/aromatic N) is 2. The molecular formula is C9H9BrCl2F2N2. The van der Waals surface area contributed by atoms with Crippen LogP contribution in [0.4, 0.5) is 14.6 Å². The van der Waals surface area contributed by atoms with Gasteiger partial charge in [-0.2, -0.15) is 0 Å². The fourth-order valence-electron chi connectivity index (χ4n) is 1.19. The second-order valence-electron chi connectivity index (χ2n) is 2.99. The first-order chi connectivity index (χ1) is 7.54. The third-order valence-corrected chi connectivity index (χ3v) is 2.76. The van der Waals surface area contributed by atoms with E-state index >= 15 is 0 Å². The standard InChI is InChI=1S/C9H9BrCl2F2N2/c10-7-3-6(12)4-15-9(7)16(2-1-11)5-8(13)14/h3-4,8H,1-2,5H2. The highest BCUT2D eigenvalue weighted by atomic mass is 79.9. The second kappa shape index (κ2) is 6.57. The smallest absolute Gasteiger partial charge is 0.255 e. The van der Waals surface area contributed by atoms with Crippen molar-refractivity contribution in [2.24, 2.45) is 0 Å². The molecule has 1 heterocycles. The molecule has 1 aromatic rings. The quantitative estimate of drug-likeness (QED) is 0.762. The van der Waals surface area contributed by atoms with Gasteiger partial charge in [-0.15, -0.1) is 11.6 Å². The Morgan fingerprint density at radius 1 is 1.50 bits per heavy atom. The molecule has 0 N–H and O–H groups in total. The van der Waals surface area contributed by atoms with E-state index in [9.17, 15) is 8.78 Å². The first-order valence-electron chi connectivity index (χ1n) is 4.44. The van der Waals surface area contributed by atoms with Crippen LogP contribution in [-0.4, -0.2) is 30.4 Å². The van der Waals surface area contributed by atoms with Crippen LogP contribution < -0.4 is 4.90 Å². The van der Waals surface area contributed by atoms with Gasteiger partial charge in [0.1, 0.15) is 5.82 Å². The Labute approximate surface area is 111 Å². The summed E-state index contributed by atoms with van der Waals surface area (Å²) < 4.78 is 25.3. The van der Waals surface area contributed by atoms with E-state index in [1.54, 1.807) is 6.07 Å². The summed E-state index contributed by atoms with van der Waals surface area (Å²) in [6, 6.07) is 1.61. The van der Waals surface area contributed by atoms with E-state index in [-0.39, 0.29) is 5.88 Å². The highest BCUT2D eigenvalue weighted by Gasteiger charge is 2.16. The summed E-state index contributed by atoms with van der Waals surface area (Å²) in [5.41, 5.74) is 0. The van der Waals surface area contributed by atoms with Crippen LogP contribution in [0.5, 0.6) is 0 Å². The largest absolute Gasteiger partial charge is 0.349 e. The molecule has 0 spiro atoms. The van der Waals surface area contributed by atoms with Crippen LogP contribution in [0.1, 0.15) is 0 Å². The number of hydrogen-bond acceptors (Lipinski definition) is 2. The average Bonchev–Trinajstić information content (AvgIpc) is 2.16. The molecule has 0 unspecified atom stereocenters. The van der Waals surface area contributed by atoms with Crippen molar-refractivity contribution in [1.29, 1.82) is 0 Å². The summed E-state index contributed by atoms with van der Waals surface area (Å²) in [7, 11) is 0. The zero-order valence-corrected chi connectivity index (χ0v) is 11.2. The number of pyridine rings is 1. The van der Waals surface area contributed by atoms with Crippen molar-refractivity contribution in [3.05, 3.63) is 21.8 Å². The molecule has 0 amide bonds. The van der Waals surface area contributed by atoms with E-state index in [1.165, 1.54) is 11.1 Å². The van der Waals surface area contributed by atoms with Crippen LogP contribution in [0.2, 0.25) is 5.02 Å². The normalized spacial score (nSPS) is 10.9. The van der Waals surface area contributed by atoms with Gasteiger partial charge in [0.05, 0.1) is 16.0 Å². The Hall–Kier alpha value is -0.130. The van der Waals surface area contributed by atoms with Crippen molar-refractivity contribution < 1.29 is 8.78 Å². The van der Waals surface area contributed by atoms with Gasteiger partial charge >= 0.3 is 0 Å². The maximum absolute atomic E-state index is 12.4. The minimum Gasteiger partial charge on any atom is -0.349 e. The topological polar surface area (TPSA) is 16.1 Å². The molecule has 0 aliphatic carbocycles. The summed E-state index contributed by atoms with van der Waals surface area (Å²) in [6.45, 7) is -0.0981. The summed E-state index contributed by atoms with van der Waals surface area (Å²) in [6.07, 6.45) is -1.03. The van der Waals surface area contributed by atoms with Gasteiger partial charge < -0.3 is 4.90 Å². The third-order valence-electron chi connectivity index (χ3n) is 1.80. The predicted molar refractivity (Wildman–Crippen MR) is 65.9 cm³/mol. The lowest BCUT2D eigenvalue weighted by molar-refractivity contribution is 0.155. The molecule has 7 heteroatoms. The molecule has 0 aromatic carbocycles. The van der Waals surface area contributed by atoms with E-state index in [0.29, 0.717) is 21.9 Å². The van der Waals surface area contributed by atoms with Crippen molar-refractivity contribution >= 4 is 44.9 Å². The molecule has 0 fully saturated rings. The fraction of sp³-hybridized carbons (Fsp3) is 0.444. The lowest BCUT2D eigenvalue weighted by atomic mass is 10.4. The maximum atomic E-state index is 12.4. The summed E-state index contributed by atoms with van der Waals surface area (Å²) >= 11 is 14.5. The van der Waals surface area contributed by atoms with Gasteiger partial charge in [-0.1, -0.05) is 11.6 Å². The number of halogens is 5. The highest BCUT2D eigenvalue weighted by Crippen LogP contribution is 2.26. The zero-order valence-electron chi connectivity index (χ0n) is 8.14. The minimum atomic E-state index is -2.44. The van der Waals surface area contributed by atoms with Crippen molar-refractivity contribution in [3.63, 3.8) is 0 Å². The van der Waals surface area contributed by atoms with Crippen molar-refractivity contribution in [2.75, 3.05) is 23.9 Å². The Kier molecular flexibility index (Phi) is 5.72. The van der Waals surface area contributed by atoms with Gasteiger partial charge in [-0.3, -0.25) is 0 Å². The van der Waals surface area contributed by atoms with E-state index in [2.05, 4.69) is 20.9 Å². The van der Waals surface area contributed by atoms with Crippen LogP contribution in [0.3, 0.4) is 0 Å². The molecule has 90 valence electrons. The van der Waals surface area contributed by atoms with Gasteiger partial charge in [0.2, 0.25) is 0 Å². The van der Waals surface area contributed by atoms with Crippen LogP contribution in [0.25, 0.3) is 0 Å². The number of alkyl halides is 3. The molecule has 0 aliphatic heterocycles. The van der Waals surface area contributed by atoms with Crippen molar-refractivity contribution in [2.45, 2.75) is 6.43 Å². The average molecular weight is 334 g/mol. The molecule has 0 saturated carbocycles. The first kappa shape index (κ1) is 13.9. The molecule has 1 aromatic heterocycles. The summed E-state index contributed by atoms with van der Waals surface area (Å²) in [5, 5.41) is 0.443. The number of aromatic nitrogens is 1. The highest BCUT2D eigenvalue weighted by molar-refractivity contribution is 9.10. The maximum Gasteiger partial charge on any atom is 0.255 e. The van der Waals surface area contributed by atoms with E-state index in [1.807, 2.05) is 0 Å². The molecule has 2 nitrogen and oxygen atoms in total. The second-order valence-corrected chi connectivity index (χ2v) is 4.65. The Balaban J connectivity index is 2.91. The van der Waals surface area contributed by atoms with Crippen LogP contribution in [0.15, 0.2) is 16.7 Å². The van der Waals surface area contributed by atoms with Crippen LogP contribution in [0, 0.1) is 0 Å². The van der Waals surface area contributed by atoms with Gasteiger partial charge in [0.25, 0.3) is 6.43 Å². The summed E-state index contributed by atoms with van der Waals surface area (Å²) in [4.78, 5) is 5.42. The van der Waals surface area contributed by atoms with Crippen LogP contribution in [-0.2, 0) is 0 Å². The fourth-order valence-corrected chi connectivity index (χ4v) is 2.29. The van der Waals surface area contributed by atoms with Gasteiger partial charge in [-0.05, 0) is 22.0 Å². The third kappa shape index (κ3) is 4.03. The first-order valence-corrected chi connectivity index (χ1v) is 6.15. The van der Waals surface area contributed by atoms with E-state index in [0.717, 1.165) is 0 Å². The van der Waals surface area contributed by atoms with Crippen molar-refractivity contribution in [3.8, 4) is 0 Å². The number of hydrogen-bond donors (Lipinski definition) is 0. The molecule has 0 radical (unpaired) electrons.